The van der Waals surface area contributed by atoms with E-state index in [1.54, 1.807) is 6.92 Å². The molecule has 0 unspecified atom stereocenters. The van der Waals surface area contributed by atoms with Crippen molar-refractivity contribution in [2.75, 3.05) is 6.61 Å². The van der Waals surface area contributed by atoms with E-state index >= 15 is 0 Å². The van der Waals surface area contributed by atoms with Gasteiger partial charge in [-0.15, -0.1) is 0 Å². The number of carbonyl (C=O) groups excluding carboxylic acids is 1. The molecular weight excluding hydrogens is 492 g/mol. The van der Waals surface area contributed by atoms with Crippen LogP contribution in [0.4, 0.5) is 0 Å². The van der Waals surface area contributed by atoms with Gasteiger partial charge in [0.05, 0.1) is 17.5 Å². The third-order valence-corrected chi connectivity index (χ3v) is 13.2. The minimum atomic E-state index is -0.425. The van der Waals surface area contributed by atoms with Gasteiger partial charge in [-0.25, -0.2) is 0 Å². The Labute approximate surface area is 214 Å². The lowest BCUT2D eigenvalue weighted by Crippen LogP contribution is -2.56. The maximum absolute atomic E-state index is 11.6. The Balaban J connectivity index is 1.22. The van der Waals surface area contributed by atoms with Crippen LogP contribution in [0.15, 0.2) is 0 Å². The Hall–Kier alpha value is -0.130. The second-order valence-electron chi connectivity index (χ2n) is 13.8. The highest BCUT2D eigenvalue weighted by molar-refractivity contribution is 9.09. The second-order valence-corrected chi connectivity index (χ2v) is 14.9. The SMILES string of the molecule is CC(=O)O[C@H]1CC[C@@]2(C)[C@H](CC[C@@H]3[C@@H]2CC[C@]2(C)[C@@H]4[C@H](C[C@@H]32)O[C@@]2(OC[C@@H](C)C[C@@H]2Br)[C@H]4C)C1. The minimum absolute atomic E-state index is 0.109. The maximum Gasteiger partial charge on any atom is 0.302 e. The molecule has 34 heavy (non-hydrogen) atoms. The maximum atomic E-state index is 11.6. The molecule has 0 aromatic heterocycles. The van der Waals surface area contributed by atoms with Crippen molar-refractivity contribution in [2.24, 2.45) is 52.3 Å². The summed E-state index contributed by atoms with van der Waals surface area (Å²) in [4.78, 5) is 11.9. The molecule has 192 valence electrons. The molecule has 6 fully saturated rings. The molecular formula is C29H45BrO4. The van der Waals surface area contributed by atoms with Gasteiger partial charge < -0.3 is 14.2 Å². The van der Waals surface area contributed by atoms with Gasteiger partial charge in [0.15, 0.2) is 5.79 Å². The zero-order chi connectivity index (χ0) is 24.0. The van der Waals surface area contributed by atoms with Gasteiger partial charge in [0.25, 0.3) is 0 Å². The molecule has 4 saturated carbocycles. The van der Waals surface area contributed by atoms with Gasteiger partial charge in [-0.2, -0.15) is 0 Å². The van der Waals surface area contributed by atoms with E-state index in [2.05, 4.69) is 43.6 Å². The topological polar surface area (TPSA) is 44.8 Å². The van der Waals surface area contributed by atoms with E-state index in [9.17, 15) is 4.79 Å². The first-order valence-corrected chi connectivity index (χ1v) is 15.1. The van der Waals surface area contributed by atoms with Crippen LogP contribution in [0.3, 0.4) is 0 Å². The molecule has 0 bridgehead atoms. The van der Waals surface area contributed by atoms with Crippen LogP contribution < -0.4 is 0 Å². The predicted octanol–water partition coefficient (Wildman–Crippen LogP) is 6.74. The summed E-state index contributed by atoms with van der Waals surface area (Å²) in [5, 5.41) is 0. The summed E-state index contributed by atoms with van der Waals surface area (Å²) in [5.41, 5.74) is 0.780. The molecule has 5 heteroatoms. The number of hydrogen-bond acceptors (Lipinski definition) is 4. The van der Waals surface area contributed by atoms with Crippen molar-refractivity contribution in [1.29, 1.82) is 0 Å². The molecule has 2 heterocycles. The molecule has 0 aromatic carbocycles. The van der Waals surface area contributed by atoms with Crippen molar-refractivity contribution >= 4 is 21.9 Å². The van der Waals surface area contributed by atoms with Gasteiger partial charge in [0, 0.05) is 12.8 Å². The fraction of sp³-hybridized carbons (Fsp3) is 0.966. The first kappa shape index (κ1) is 24.2. The number of alkyl halides is 1. The predicted molar refractivity (Wildman–Crippen MR) is 135 cm³/mol. The first-order chi connectivity index (χ1) is 16.1. The summed E-state index contributed by atoms with van der Waals surface area (Å²) in [6.07, 6.45) is 11.6. The third kappa shape index (κ3) is 3.30. The Morgan fingerprint density at radius 1 is 0.971 bits per heavy atom. The Morgan fingerprint density at radius 3 is 2.47 bits per heavy atom. The second kappa shape index (κ2) is 8.18. The van der Waals surface area contributed by atoms with Crippen molar-refractivity contribution in [3.05, 3.63) is 0 Å². The van der Waals surface area contributed by atoms with E-state index in [4.69, 9.17) is 14.2 Å². The summed E-state index contributed by atoms with van der Waals surface area (Å²) in [7, 11) is 0. The van der Waals surface area contributed by atoms with Crippen LogP contribution in [-0.4, -0.2) is 35.4 Å². The van der Waals surface area contributed by atoms with E-state index in [0.29, 0.717) is 45.4 Å². The standard InChI is InChI=1S/C29H45BrO4/c1-16-12-25(30)29(32-15-16)17(2)26-24(34-29)14-23-21-7-6-19-13-20(33-18(3)31)8-10-27(19,4)22(21)9-11-28(23,26)5/h16-17,19-26H,6-15H2,1-5H3/t16-,17-,19+,20-,21+,22-,23-,24-,25-,26-,27-,28-,29-/m0/s1. The average Bonchev–Trinajstić information content (AvgIpc) is 3.22. The zero-order valence-corrected chi connectivity index (χ0v) is 23.4. The molecule has 0 aromatic rings. The van der Waals surface area contributed by atoms with E-state index in [1.165, 1.54) is 38.5 Å². The molecule has 1 spiro atoms. The van der Waals surface area contributed by atoms with Crippen LogP contribution in [0.5, 0.6) is 0 Å². The number of ether oxygens (including phenoxy) is 3. The molecule has 0 radical (unpaired) electrons. The van der Waals surface area contributed by atoms with Gasteiger partial charge in [0.2, 0.25) is 0 Å². The van der Waals surface area contributed by atoms with Crippen LogP contribution in [-0.2, 0) is 19.0 Å². The van der Waals surface area contributed by atoms with Gasteiger partial charge in [0.1, 0.15) is 6.10 Å². The highest BCUT2D eigenvalue weighted by Gasteiger charge is 2.70. The van der Waals surface area contributed by atoms with E-state index in [-0.39, 0.29) is 12.1 Å². The number of halogens is 1. The number of hydrogen-bond donors (Lipinski definition) is 0. The van der Waals surface area contributed by atoms with E-state index < -0.39 is 5.79 Å². The van der Waals surface area contributed by atoms with Crippen molar-refractivity contribution in [3.63, 3.8) is 0 Å². The van der Waals surface area contributed by atoms with Crippen LogP contribution in [0.25, 0.3) is 0 Å². The average molecular weight is 538 g/mol. The monoisotopic (exact) mass is 536 g/mol. The van der Waals surface area contributed by atoms with Gasteiger partial charge in [-0.1, -0.05) is 43.6 Å². The molecule has 4 nitrogen and oxygen atoms in total. The fourth-order valence-electron chi connectivity index (χ4n) is 10.7. The smallest absolute Gasteiger partial charge is 0.302 e. The van der Waals surface area contributed by atoms with Crippen LogP contribution in [0, 0.1) is 52.3 Å². The van der Waals surface area contributed by atoms with Gasteiger partial charge in [-0.3, -0.25) is 4.79 Å². The van der Waals surface area contributed by atoms with Gasteiger partial charge >= 0.3 is 5.97 Å². The third-order valence-electron chi connectivity index (χ3n) is 12.2. The quantitative estimate of drug-likeness (QED) is 0.275. The van der Waals surface area contributed by atoms with Crippen LogP contribution in [0.1, 0.15) is 92.4 Å². The number of carbonyl (C=O) groups is 1. The fourth-order valence-corrected chi connectivity index (χ4v) is 12.0. The molecule has 4 aliphatic carbocycles. The number of fused-ring (bicyclic) bond motifs is 7. The molecule has 13 atom stereocenters. The van der Waals surface area contributed by atoms with Crippen LogP contribution in [0.2, 0.25) is 0 Å². The summed E-state index contributed by atoms with van der Waals surface area (Å²) >= 11 is 4.01. The largest absolute Gasteiger partial charge is 0.463 e. The summed E-state index contributed by atoms with van der Waals surface area (Å²) < 4.78 is 19.2. The molecule has 6 aliphatic rings. The molecule has 2 aliphatic heterocycles. The van der Waals surface area contributed by atoms with E-state index in [0.717, 1.165) is 43.6 Å². The molecule has 0 N–H and O–H groups in total. The summed E-state index contributed by atoms with van der Waals surface area (Å²) in [6.45, 7) is 12.3. The Morgan fingerprint density at radius 2 is 1.74 bits per heavy atom. The molecule has 2 saturated heterocycles. The Kier molecular flexibility index (Phi) is 5.83. The van der Waals surface area contributed by atoms with Crippen molar-refractivity contribution in [1.82, 2.24) is 0 Å². The van der Waals surface area contributed by atoms with Crippen LogP contribution >= 0.6 is 15.9 Å². The Bertz CT molecular complexity index is 833. The zero-order valence-electron chi connectivity index (χ0n) is 21.9. The number of rotatable bonds is 1. The normalized spacial score (nSPS) is 58.5. The lowest BCUT2D eigenvalue weighted by Gasteiger charge is -2.61. The van der Waals surface area contributed by atoms with E-state index in [1.807, 2.05) is 0 Å². The first-order valence-electron chi connectivity index (χ1n) is 14.2. The molecule has 6 rings (SSSR count). The molecule has 0 amide bonds. The lowest BCUT2D eigenvalue weighted by molar-refractivity contribution is -0.267. The summed E-state index contributed by atoms with van der Waals surface area (Å²) in [5.74, 6) is 4.24. The van der Waals surface area contributed by atoms with Crippen molar-refractivity contribution < 1.29 is 19.0 Å². The minimum Gasteiger partial charge on any atom is -0.463 e. The highest BCUT2D eigenvalue weighted by atomic mass is 79.9. The van der Waals surface area contributed by atoms with Crippen molar-refractivity contribution in [3.8, 4) is 0 Å². The van der Waals surface area contributed by atoms with Crippen molar-refractivity contribution in [2.45, 2.75) is 115 Å². The highest BCUT2D eigenvalue weighted by Crippen LogP contribution is 2.71. The van der Waals surface area contributed by atoms with Gasteiger partial charge in [-0.05, 0) is 104 Å². The lowest BCUT2D eigenvalue weighted by atomic mass is 9.44. The number of esters is 1. The summed E-state index contributed by atoms with van der Waals surface area (Å²) in [6, 6.07) is 0.